The molecule has 158 valence electrons. The summed E-state index contributed by atoms with van der Waals surface area (Å²) < 4.78 is 94.0. The molecule has 0 amide bonds. The van der Waals surface area contributed by atoms with Gasteiger partial charge >= 0.3 is 7.25 Å². The summed E-state index contributed by atoms with van der Waals surface area (Å²) >= 11 is 7.02. The van der Waals surface area contributed by atoms with Gasteiger partial charge in [-0.1, -0.05) is 23.4 Å². The Kier molecular flexibility index (Phi) is 6.64. The Morgan fingerprint density at radius 1 is 0.667 bits per heavy atom. The van der Waals surface area contributed by atoms with Gasteiger partial charge in [0.1, 0.15) is 10.9 Å². The van der Waals surface area contributed by atoms with E-state index in [1.807, 2.05) is 0 Å². The third kappa shape index (κ3) is 5.25. The molecular weight excluding hydrogens is 479 g/mol. The zero-order chi connectivity index (χ0) is 22.2. The van der Waals surface area contributed by atoms with E-state index in [2.05, 4.69) is 0 Å². The molecule has 0 saturated carbocycles. The molecule has 0 unspecified atom stereocenters. The second-order valence-corrected chi connectivity index (χ2v) is 9.27. The quantitative estimate of drug-likeness (QED) is 0.151. The van der Waals surface area contributed by atoms with Gasteiger partial charge in [-0.15, -0.1) is 0 Å². The van der Waals surface area contributed by atoms with Gasteiger partial charge in [0.25, 0.3) is 0 Å². The number of rotatable bonds is 1. The van der Waals surface area contributed by atoms with Crippen LogP contribution in [0.5, 0.6) is 0 Å². The van der Waals surface area contributed by atoms with Crippen molar-refractivity contribution in [1.29, 1.82) is 0 Å². The SMILES string of the molecule is F[B-](F)(F)F.Fc1cc2c(cc1F)[S+](c1ccc(Cl)cc1)c1cc(F)c(F)cc1S2. The standard InChI is InChI=1S/C18H8ClF4S2.BF4/c19-9-1-3-10(4-2-9)25-17-7-13(22)11(20)5-15(17)24-16-6-12(21)14(23)8-18(16)25;2-1(3,4)5/h1-8H;/q+1;-1. The molecule has 30 heavy (non-hydrogen) atoms. The Morgan fingerprint density at radius 3 is 1.43 bits per heavy atom. The Labute approximate surface area is 177 Å². The Hall–Kier alpha value is -1.85. The van der Waals surface area contributed by atoms with Crippen LogP contribution in [0.3, 0.4) is 0 Å². The van der Waals surface area contributed by atoms with E-state index in [0.29, 0.717) is 24.6 Å². The minimum atomic E-state index is -6.00. The fraction of sp³-hybridized carbons (Fsp3) is 0. The summed E-state index contributed by atoms with van der Waals surface area (Å²) in [5.74, 6) is -3.90. The topological polar surface area (TPSA) is 0 Å². The molecule has 0 N–H and O–H groups in total. The molecule has 3 aromatic carbocycles. The highest BCUT2D eigenvalue weighted by Crippen LogP contribution is 2.49. The van der Waals surface area contributed by atoms with E-state index in [1.54, 1.807) is 24.3 Å². The second kappa shape index (κ2) is 8.72. The van der Waals surface area contributed by atoms with Crippen LogP contribution in [0.25, 0.3) is 0 Å². The molecule has 0 nitrogen and oxygen atoms in total. The summed E-state index contributed by atoms with van der Waals surface area (Å²) in [6.07, 6.45) is 0. The van der Waals surface area contributed by atoms with Gasteiger partial charge in [-0.05, 0) is 36.4 Å². The maximum absolute atomic E-state index is 13.8. The van der Waals surface area contributed by atoms with Crippen LogP contribution >= 0.6 is 23.4 Å². The fourth-order valence-corrected chi connectivity index (χ4v) is 6.43. The molecule has 1 aliphatic heterocycles. The van der Waals surface area contributed by atoms with Crippen LogP contribution in [-0.2, 0) is 10.9 Å². The molecular formula is C18H8BClF8S2. The van der Waals surface area contributed by atoms with Crippen molar-refractivity contribution < 1.29 is 34.8 Å². The lowest BCUT2D eigenvalue weighted by Gasteiger charge is -2.19. The monoisotopic (exact) mass is 486 g/mol. The third-order valence-corrected chi connectivity index (χ3v) is 7.61. The largest absolute Gasteiger partial charge is 0.673 e. The van der Waals surface area contributed by atoms with E-state index >= 15 is 0 Å². The maximum Gasteiger partial charge on any atom is 0.673 e. The number of hydrogen-bond donors (Lipinski definition) is 0. The van der Waals surface area contributed by atoms with Crippen molar-refractivity contribution in [2.24, 2.45) is 0 Å². The highest BCUT2D eigenvalue weighted by molar-refractivity contribution is 8.04. The van der Waals surface area contributed by atoms with Crippen LogP contribution in [-0.4, -0.2) is 7.25 Å². The molecule has 0 atom stereocenters. The summed E-state index contributed by atoms with van der Waals surface area (Å²) in [6, 6.07) is 11.3. The summed E-state index contributed by atoms with van der Waals surface area (Å²) in [6.45, 7) is 0. The lowest BCUT2D eigenvalue weighted by molar-refractivity contribution is 0.368. The third-order valence-electron chi connectivity index (χ3n) is 3.68. The minimum Gasteiger partial charge on any atom is -0.418 e. The fourth-order valence-electron chi connectivity index (χ4n) is 2.56. The van der Waals surface area contributed by atoms with Crippen LogP contribution in [0.4, 0.5) is 34.8 Å². The first kappa shape index (κ1) is 22.8. The van der Waals surface area contributed by atoms with Gasteiger partial charge in [-0.3, -0.25) is 0 Å². The van der Waals surface area contributed by atoms with Crippen LogP contribution < -0.4 is 0 Å². The summed E-state index contributed by atoms with van der Waals surface area (Å²) in [7, 11) is -6.90. The van der Waals surface area contributed by atoms with Crippen LogP contribution in [0, 0.1) is 23.3 Å². The van der Waals surface area contributed by atoms with Crippen molar-refractivity contribution in [3.63, 3.8) is 0 Å². The zero-order valence-electron chi connectivity index (χ0n) is 14.4. The van der Waals surface area contributed by atoms with Crippen molar-refractivity contribution in [2.75, 3.05) is 0 Å². The molecule has 3 aromatic rings. The number of fused-ring (bicyclic) bond motifs is 2. The Balaban J connectivity index is 0.000000461. The van der Waals surface area contributed by atoms with E-state index in [-0.39, 0.29) is 0 Å². The van der Waals surface area contributed by atoms with Gasteiger partial charge in [0.15, 0.2) is 38.0 Å². The molecule has 1 heterocycles. The van der Waals surface area contributed by atoms with Crippen LogP contribution in [0.1, 0.15) is 0 Å². The maximum atomic E-state index is 13.8. The van der Waals surface area contributed by atoms with Crippen molar-refractivity contribution in [3.05, 3.63) is 76.8 Å². The van der Waals surface area contributed by atoms with Gasteiger partial charge in [0.2, 0.25) is 0 Å². The highest BCUT2D eigenvalue weighted by Gasteiger charge is 2.40. The van der Waals surface area contributed by atoms with Crippen molar-refractivity contribution >= 4 is 41.5 Å². The number of benzene rings is 3. The predicted molar refractivity (Wildman–Crippen MR) is 101 cm³/mol. The van der Waals surface area contributed by atoms with Crippen LogP contribution in [0.15, 0.2) is 73.0 Å². The van der Waals surface area contributed by atoms with Gasteiger partial charge in [0.05, 0.1) is 9.79 Å². The molecule has 0 radical (unpaired) electrons. The highest BCUT2D eigenvalue weighted by atomic mass is 35.5. The van der Waals surface area contributed by atoms with Crippen molar-refractivity contribution in [2.45, 2.75) is 24.5 Å². The van der Waals surface area contributed by atoms with Crippen molar-refractivity contribution in [1.82, 2.24) is 0 Å². The first-order valence-corrected chi connectivity index (χ1v) is 10.4. The minimum absolute atomic E-state index is 0.482. The molecule has 0 bridgehead atoms. The molecule has 0 aromatic heterocycles. The molecule has 4 rings (SSSR count). The van der Waals surface area contributed by atoms with E-state index in [9.17, 15) is 34.8 Å². The average molecular weight is 487 g/mol. The lowest BCUT2D eigenvalue weighted by atomic mass is 10.3. The van der Waals surface area contributed by atoms with Gasteiger partial charge in [-0.25, -0.2) is 17.6 Å². The summed E-state index contributed by atoms with van der Waals surface area (Å²) in [4.78, 5) is 2.78. The first-order valence-electron chi connectivity index (χ1n) is 7.97. The molecule has 1 aliphatic rings. The summed E-state index contributed by atoms with van der Waals surface area (Å²) in [5, 5.41) is 0.523. The Bertz CT molecular complexity index is 1030. The predicted octanol–water partition coefficient (Wildman–Crippen LogP) is 7.76. The Morgan fingerprint density at radius 2 is 1.03 bits per heavy atom. The second-order valence-electron chi connectivity index (χ2n) is 5.78. The van der Waals surface area contributed by atoms with Crippen LogP contribution in [0.2, 0.25) is 5.02 Å². The van der Waals surface area contributed by atoms with Gasteiger partial charge < -0.3 is 17.3 Å². The van der Waals surface area contributed by atoms with Gasteiger partial charge in [-0.2, -0.15) is 0 Å². The number of hydrogen-bond acceptors (Lipinski definition) is 1. The molecule has 0 spiro atoms. The van der Waals surface area contributed by atoms with E-state index in [0.717, 1.165) is 40.9 Å². The lowest BCUT2D eigenvalue weighted by Crippen LogP contribution is -2.13. The first-order chi connectivity index (χ1) is 13.9. The average Bonchev–Trinajstić information content (AvgIpc) is 2.62. The van der Waals surface area contributed by atoms with E-state index < -0.39 is 41.4 Å². The molecule has 0 saturated heterocycles. The van der Waals surface area contributed by atoms with E-state index in [1.165, 1.54) is 0 Å². The summed E-state index contributed by atoms with van der Waals surface area (Å²) in [5.41, 5.74) is 0. The van der Waals surface area contributed by atoms with Crippen molar-refractivity contribution in [3.8, 4) is 0 Å². The number of halogens is 9. The smallest absolute Gasteiger partial charge is 0.418 e. The molecule has 12 heteroatoms. The van der Waals surface area contributed by atoms with E-state index in [4.69, 9.17) is 11.6 Å². The molecule has 0 aliphatic carbocycles. The molecule has 0 fully saturated rings. The normalized spacial score (nSPS) is 13.2. The van der Waals surface area contributed by atoms with Gasteiger partial charge in [0, 0.05) is 17.2 Å². The zero-order valence-corrected chi connectivity index (χ0v) is 16.8.